The number of hydrogen-bond acceptors (Lipinski definition) is 2. The predicted molar refractivity (Wildman–Crippen MR) is 77.4 cm³/mol. The summed E-state index contributed by atoms with van der Waals surface area (Å²) in [5.41, 5.74) is 1.07. The summed E-state index contributed by atoms with van der Waals surface area (Å²) in [4.78, 5) is 26.7. The van der Waals surface area contributed by atoms with Crippen molar-refractivity contribution in [2.75, 3.05) is 0 Å². The Labute approximate surface area is 112 Å². The Morgan fingerprint density at radius 2 is 1.89 bits per heavy atom. The van der Waals surface area contributed by atoms with E-state index in [1.165, 1.54) is 0 Å². The van der Waals surface area contributed by atoms with Gasteiger partial charge in [0.1, 0.15) is 5.78 Å². The van der Waals surface area contributed by atoms with E-state index < -0.39 is 0 Å². The molecule has 19 heavy (non-hydrogen) atoms. The van der Waals surface area contributed by atoms with Crippen LogP contribution in [-0.2, 0) is 11.2 Å². The first kappa shape index (κ1) is 13.5. The topological polar surface area (TPSA) is 49.9 Å². The molecule has 0 aliphatic rings. The highest BCUT2D eigenvalue weighted by atomic mass is 16.1. The second kappa shape index (κ2) is 5.00. The summed E-state index contributed by atoms with van der Waals surface area (Å²) >= 11 is 0. The molecule has 0 fully saturated rings. The summed E-state index contributed by atoms with van der Waals surface area (Å²) in [6, 6.07) is 9.54. The fourth-order valence-electron chi connectivity index (χ4n) is 2.00. The van der Waals surface area contributed by atoms with E-state index in [-0.39, 0.29) is 16.8 Å². The van der Waals surface area contributed by atoms with Crippen molar-refractivity contribution in [3.05, 3.63) is 46.2 Å². The van der Waals surface area contributed by atoms with Crippen LogP contribution in [0.3, 0.4) is 0 Å². The number of rotatable bonds is 3. The number of fused-ring (bicyclic) bond motifs is 1. The van der Waals surface area contributed by atoms with Gasteiger partial charge in [0.15, 0.2) is 0 Å². The summed E-state index contributed by atoms with van der Waals surface area (Å²) in [6.45, 7) is 5.71. The first-order valence-electron chi connectivity index (χ1n) is 6.52. The molecule has 0 spiro atoms. The zero-order chi connectivity index (χ0) is 14.0. The average Bonchev–Trinajstić information content (AvgIpc) is 2.34. The molecule has 0 amide bonds. The third kappa shape index (κ3) is 3.11. The molecule has 2 aromatic rings. The van der Waals surface area contributed by atoms with Crippen LogP contribution >= 0.6 is 0 Å². The molecule has 0 aliphatic carbocycles. The number of Topliss-reactive ketones (excluding diaryl/α,β-unsaturated/α-hetero) is 1. The summed E-state index contributed by atoms with van der Waals surface area (Å²) < 4.78 is 0. The molecule has 3 nitrogen and oxygen atoms in total. The summed E-state index contributed by atoms with van der Waals surface area (Å²) in [7, 11) is 0. The average molecular weight is 257 g/mol. The van der Waals surface area contributed by atoms with Crippen molar-refractivity contribution in [3.63, 3.8) is 0 Å². The van der Waals surface area contributed by atoms with Crippen molar-refractivity contribution in [2.24, 2.45) is 5.41 Å². The molecule has 100 valence electrons. The maximum Gasteiger partial charge on any atom is 0.251 e. The highest BCUT2D eigenvalue weighted by molar-refractivity contribution is 5.84. The minimum Gasteiger partial charge on any atom is -0.322 e. The maximum absolute atomic E-state index is 11.9. The molecule has 0 radical (unpaired) electrons. The van der Waals surface area contributed by atoms with E-state index in [4.69, 9.17) is 0 Å². The summed E-state index contributed by atoms with van der Waals surface area (Å²) in [5, 5.41) is 1.00. The molecule has 0 saturated carbocycles. The quantitative estimate of drug-likeness (QED) is 0.918. The van der Waals surface area contributed by atoms with E-state index in [1.54, 1.807) is 0 Å². The molecule has 0 aliphatic heterocycles. The molecule has 1 heterocycles. The number of pyridine rings is 1. The maximum atomic E-state index is 11.9. The van der Waals surface area contributed by atoms with Crippen molar-refractivity contribution in [2.45, 2.75) is 33.6 Å². The van der Waals surface area contributed by atoms with E-state index in [0.29, 0.717) is 18.4 Å². The van der Waals surface area contributed by atoms with Gasteiger partial charge < -0.3 is 4.98 Å². The summed E-state index contributed by atoms with van der Waals surface area (Å²) in [5.74, 6) is 0.181. The lowest BCUT2D eigenvalue weighted by molar-refractivity contribution is -0.126. The lowest BCUT2D eigenvalue weighted by atomic mass is 9.87. The van der Waals surface area contributed by atoms with Crippen LogP contribution in [0.2, 0.25) is 0 Å². The lowest BCUT2D eigenvalue weighted by Gasteiger charge is -2.16. The Morgan fingerprint density at radius 3 is 2.58 bits per heavy atom. The van der Waals surface area contributed by atoms with Gasteiger partial charge in [-0.15, -0.1) is 0 Å². The SMILES string of the molecule is CC(C)(C)C(=O)CCc1cc2ccccc2[nH]c1=O. The van der Waals surface area contributed by atoms with E-state index in [0.717, 1.165) is 10.9 Å². The number of H-pyrrole nitrogens is 1. The molecule has 0 atom stereocenters. The van der Waals surface area contributed by atoms with Crippen molar-refractivity contribution in [1.29, 1.82) is 0 Å². The van der Waals surface area contributed by atoms with Crippen LogP contribution in [0.5, 0.6) is 0 Å². The molecule has 2 rings (SSSR count). The van der Waals surface area contributed by atoms with Crippen molar-refractivity contribution in [1.82, 2.24) is 4.98 Å². The van der Waals surface area contributed by atoms with Gasteiger partial charge in [-0.25, -0.2) is 0 Å². The van der Waals surface area contributed by atoms with Crippen LogP contribution in [0, 0.1) is 5.41 Å². The molecule has 3 heteroatoms. The number of aromatic nitrogens is 1. The molecule has 0 bridgehead atoms. The molecular weight excluding hydrogens is 238 g/mol. The Morgan fingerprint density at radius 1 is 1.21 bits per heavy atom. The number of aromatic amines is 1. The Bertz CT molecular complexity index is 662. The fraction of sp³-hybridized carbons (Fsp3) is 0.375. The van der Waals surface area contributed by atoms with Gasteiger partial charge in [0.2, 0.25) is 0 Å². The van der Waals surface area contributed by atoms with Gasteiger partial charge in [-0.05, 0) is 23.9 Å². The zero-order valence-electron chi connectivity index (χ0n) is 11.6. The number of benzene rings is 1. The van der Waals surface area contributed by atoms with Gasteiger partial charge in [0.25, 0.3) is 5.56 Å². The third-order valence-corrected chi connectivity index (χ3v) is 3.29. The van der Waals surface area contributed by atoms with Crippen LogP contribution in [0.25, 0.3) is 10.9 Å². The number of carbonyl (C=O) groups is 1. The number of hydrogen-bond donors (Lipinski definition) is 1. The van der Waals surface area contributed by atoms with Crippen LogP contribution < -0.4 is 5.56 Å². The molecule has 1 aromatic carbocycles. The van der Waals surface area contributed by atoms with Gasteiger partial charge in [-0.3, -0.25) is 9.59 Å². The minimum absolute atomic E-state index is 0.0968. The lowest BCUT2D eigenvalue weighted by Crippen LogP contribution is -2.22. The van der Waals surface area contributed by atoms with E-state index in [9.17, 15) is 9.59 Å². The number of nitrogens with one attached hydrogen (secondary N) is 1. The molecule has 1 N–H and O–H groups in total. The number of aryl methyl sites for hydroxylation is 1. The second-order valence-electron chi connectivity index (χ2n) is 5.88. The third-order valence-electron chi connectivity index (χ3n) is 3.29. The molecular formula is C16H19NO2. The smallest absolute Gasteiger partial charge is 0.251 e. The Balaban J connectivity index is 2.24. The standard InChI is InChI=1S/C16H19NO2/c1-16(2,3)14(18)9-8-12-10-11-6-4-5-7-13(11)17-15(12)19/h4-7,10H,8-9H2,1-3H3,(H,17,19). The fourth-order valence-corrected chi connectivity index (χ4v) is 2.00. The normalized spacial score (nSPS) is 11.7. The first-order valence-corrected chi connectivity index (χ1v) is 6.52. The Hall–Kier alpha value is -1.90. The van der Waals surface area contributed by atoms with Crippen molar-refractivity contribution >= 4 is 16.7 Å². The van der Waals surface area contributed by atoms with E-state index in [1.807, 2.05) is 51.1 Å². The van der Waals surface area contributed by atoms with Gasteiger partial charge in [0.05, 0.1) is 0 Å². The minimum atomic E-state index is -0.344. The first-order chi connectivity index (χ1) is 8.88. The van der Waals surface area contributed by atoms with Gasteiger partial charge in [0, 0.05) is 22.9 Å². The second-order valence-corrected chi connectivity index (χ2v) is 5.88. The largest absolute Gasteiger partial charge is 0.322 e. The van der Waals surface area contributed by atoms with Gasteiger partial charge in [-0.1, -0.05) is 39.0 Å². The van der Waals surface area contributed by atoms with E-state index in [2.05, 4.69) is 4.98 Å². The number of carbonyl (C=O) groups excluding carboxylic acids is 1. The number of para-hydroxylation sites is 1. The highest BCUT2D eigenvalue weighted by Gasteiger charge is 2.20. The number of ketones is 1. The highest BCUT2D eigenvalue weighted by Crippen LogP contribution is 2.18. The molecule has 1 aromatic heterocycles. The Kier molecular flexibility index (Phi) is 3.56. The zero-order valence-corrected chi connectivity index (χ0v) is 11.6. The summed E-state index contributed by atoms with van der Waals surface area (Å²) in [6.07, 6.45) is 0.904. The van der Waals surface area contributed by atoms with Crippen LogP contribution in [0.1, 0.15) is 32.8 Å². The van der Waals surface area contributed by atoms with Crippen molar-refractivity contribution in [3.8, 4) is 0 Å². The van der Waals surface area contributed by atoms with Gasteiger partial charge >= 0.3 is 0 Å². The van der Waals surface area contributed by atoms with Crippen LogP contribution in [0.4, 0.5) is 0 Å². The monoisotopic (exact) mass is 257 g/mol. The van der Waals surface area contributed by atoms with Crippen LogP contribution in [0.15, 0.2) is 35.1 Å². The van der Waals surface area contributed by atoms with Gasteiger partial charge in [-0.2, -0.15) is 0 Å². The van der Waals surface area contributed by atoms with Crippen molar-refractivity contribution < 1.29 is 4.79 Å². The van der Waals surface area contributed by atoms with E-state index >= 15 is 0 Å². The van der Waals surface area contributed by atoms with Crippen LogP contribution in [-0.4, -0.2) is 10.8 Å². The predicted octanol–water partition coefficient (Wildman–Crippen LogP) is 3.08. The molecule has 0 unspecified atom stereocenters. The molecule has 0 saturated heterocycles.